The van der Waals surface area contributed by atoms with Gasteiger partial charge in [-0.15, -0.1) is 5.10 Å². The summed E-state index contributed by atoms with van der Waals surface area (Å²) in [6, 6.07) is 0.445. The highest BCUT2D eigenvalue weighted by molar-refractivity contribution is 7.99. The molecule has 0 spiro atoms. The Labute approximate surface area is 98.6 Å². The van der Waals surface area contributed by atoms with Crippen molar-refractivity contribution in [2.24, 2.45) is 0 Å². The molecule has 0 bridgehead atoms. The molecule has 84 valence electrons. The molecule has 1 aromatic rings. The van der Waals surface area contributed by atoms with Crippen molar-refractivity contribution in [3.63, 3.8) is 0 Å². The van der Waals surface area contributed by atoms with E-state index in [9.17, 15) is 0 Å². The third kappa shape index (κ3) is 2.20. The van der Waals surface area contributed by atoms with Crippen LogP contribution in [0, 0.1) is 4.77 Å². The lowest BCUT2D eigenvalue weighted by molar-refractivity contribution is 0.519. The maximum absolute atomic E-state index is 5.79. The Bertz CT molecular complexity index is 384. The van der Waals surface area contributed by atoms with Gasteiger partial charge in [0.25, 0.3) is 0 Å². The monoisotopic (exact) mass is 244 g/mol. The molecule has 0 aromatic carbocycles. The van der Waals surface area contributed by atoms with Gasteiger partial charge < -0.3 is 5.73 Å². The summed E-state index contributed by atoms with van der Waals surface area (Å²) < 4.78 is 2.62. The van der Waals surface area contributed by atoms with Gasteiger partial charge in [0, 0.05) is 11.3 Å². The molecule has 2 atom stereocenters. The lowest BCUT2D eigenvalue weighted by atomic mass is 10.2. The molecule has 1 aliphatic rings. The van der Waals surface area contributed by atoms with Crippen LogP contribution in [0.5, 0.6) is 0 Å². The second-order valence-electron chi connectivity index (χ2n) is 3.80. The number of aromatic nitrogens is 3. The van der Waals surface area contributed by atoms with Crippen LogP contribution in [0.15, 0.2) is 0 Å². The Morgan fingerprint density at radius 3 is 3.07 bits per heavy atom. The van der Waals surface area contributed by atoms with E-state index in [0.29, 0.717) is 16.8 Å². The molecule has 0 aliphatic heterocycles. The van der Waals surface area contributed by atoms with Crippen LogP contribution in [-0.2, 0) is 0 Å². The van der Waals surface area contributed by atoms with Crippen LogP contribution in [0.25, 0.3) is 0 Å². The summed E-state index contributed by atoms with van der Waals surface area (Å²) >= 11 is 7.20. The maximum atomic E-state index is 5.79. The molecule has 15 heavy (non-hydrogen) atoms. The number of nitrogens with one attached hydrogen (secondary N) is 1. The van der Waals surface area contributed by atoms with Gasteiger partial charge in [0.05, 0.1) is 0 Å². The number of thioether (sulfide) groups is 1. The molecule has 1 aromatic heterocycles. The molecular weight excluding hydrogens is 228 g/mol. The molecule has 3 N–H and O–H groups in total. The van der Waals surface area contributed by atoms with E-state index in [0.717, 1.165) is 18.1 Å². The molecule has 1 aliphatic carbocycles. The maximum Gasteiger partial charge on any atom is 0.220 e. The van der Waals surface area contributed by atoms with Gasteiger partial charge in [0.2, 0.25) is 5.95 Å². The average Bonchev–Trinajstić information content (AvgIpc) is 2.75. The number of hydrogen-bond acceptors (Lipinski definition) is 4. The first-order valence-corrected chi connectivity index (χ1v) is 6.72. The van der Waals surface area contributed by atoms with Gasteiger partial charge >= 0.3 is 0 Å². The molecule has 4 nitrogen and oxygen atoms in total. The number of nitrogens with two attached hydrogens (primary N) is 1. The summed E-state index contributed by atoms with van der Waals surface area (Å²) in [7, 11) is 0. The Balaban J connectivity index is 2.11. The Hall–Kier alpha value is -0.490. The van der Waals surface area contributed by atoms with Crippen molar-refractivity contribution in [2.75, 3.05) is 11.5 Å². The number of aromatic amines is 1. The van der Waals surface area contributed by atoms with Gasteiger partial charge in [0.15, 0.2) is 4.77 Å². The molecule has 1 saturated carbocycles. The van der Waals surface area contributed by atoms with E-state index in [1.54, 1.807) is 0 Å². The largest absolute Gasteiger partial charge is 0.368 e. The summed E-state index contributed by atoms with van der Waals surface area (Å²) in [6.07, 6.45) is 3.59. The SMILES string of the molecule is CCSC1CCC(n2c(N)n[nH]c2=S)C1. The molecule has 0 amide bonds. The molecule has 0 radical (unpaired) electrons. The summed E-state index contributed by atoms with van der Waals surface area (Å²) in [5.74, 6) is 1.70. The van der Waals surface area contributed by atoms with E-state index in [-0.39, 0.29) is 0 Å². The van der Waals surface area contributed by atoms with Crippen LogP contribution in [0.4, 0.5) is 5.95 Å². The van der Waals surface area contributed by atoms with Crippen molar-refractivity contribution in [3.8, 4) is 0 Å². The van der Waals surface area contributed by atoms with Gasteiger partial charge in [-0.25, -0.2) is 5.10 Å². The predicted molar refractivity (Wildman–Crippen MR) is 66.6 cm³/mol. The first-order chi connectivity index (χ1) is 7.22. The van der Waals surface area contributed by atoms with E-state index in [2.05, 4.69) is 17.1 Å². The van der Waals surface area contributed by atoms with Crippen molar-refractivity contribution in [1.82, 2.24) is 14.8 Å². The number of nitrogen functional groups attached to an aromatic ring is 1. The molecule has 2 unspecified atom stereocenters. The first kappa shape index (κ1) is 11.0. The highest BCUT2D eigenvalue weighted by Crippen LogP contribution is 2.37. The molecule has 6 heteroatoms. The summed E-state index contributed by atoms with van der Waals surface area (Å²) in [6.45, 7) is 2.20. The van der Waals surface area contributed by atoms with Crippen molar-refractivity contribution in [3.05, 3.63) is 4.77 Å². The quantitative estimate of drug-likeness (QED) is 0.801. The van der Waals surface area contributed by atoms with Crippen LogP contribution < -0.4 is 5.73 Å². The zero-order valence-electron chi connectivity index (χ0n) is 8.77. The molecule has 1 heterocycles. The van der Waals surface area contributed by atoms with Gasteiger partial charge in [-0.05, 0) is 37.2 Å². The van der Waals surface area contributed by atoms with Gasteiger partial charge in [-0.3, -0.25) is 4.57 Å². The second kappa shape index (κ2) is 4.57. The highest BCUT2D eigenvalue weighted by atomic mass is 32.2. The van der Waals surface area contributed by atoms with Crippen LogP contribution >= 0.6 is 24.0 Å². The number of nitrogens with zero attached hydrogens (tertiary/aromatic N) is 2. The fourth-order valence-corrected chi connectivity index (χ4v) is 3.63. The van der Waals surface area contributed by atoms with E-state index < -0.39 is 0 Å². The Morgan fingerprint density at radius 2 is 2.47 bits per heavy atom. The van der Waals surface area contributed by atoms with Crippen LogP contribution in [0.1, 0.15) is 32.2 Å². The van der Waals surface area contributed by atoms with Gasteiger partial charge in [-0.1, -0.05) is 6.92 Å². The third-order valence-corrected chi connectivity index (χ3v) is 4.38. The molecule has 0 saturated heterocycles. The zero-order valence-corrected chi connectivity index (χ0v) is 10.4. The minimum Gasteiger partial charge on any atom is -0.368 e. The van der Waals surface area contributed by atoms with E-state index in [1.165, 1.54) is 12.2 Å². The van der Waals surface area contributed by atoms with Crippen molar-refractivity contribution in [1.29, 1.82) is 0 Å². The smallest absolute Gasteiger partial charge is 0.220 e. The fourth-order valence-electron chi connectivity index (χ4n) is 2.21. The minimum absolute atomic E-state index is 0.445. The zero-order chi connectivity index (χ0) is 10.8. The number of H-pyrrole nitrogens is 1. The van der Waals surface area contributed by atoms with Crippen LogP contribution in [0.2, 0.25) is 0 Å². The third-order valence-electron chi connectivity index (χ3n) is 2.86. The first-order valence-electron chi connectivity index (χ1n) is 5.26. The fraction of sp³-hybridized carbons (Fsp3) is 0.778. The van der Waals surface area contributed by atoms with Gasteiger partial charge in [-0.2, -0.15) is 11.8 Å². The number of rotatable bonds is 3. The van der Waals surface area contributed by atoms with E-state index in [4.69, 9.17) is 18.0 Å². The van der Waals surface area contributed by atoms with E-state index in [1.807, 2.05) is 16.3 Å². The lowest BCUT2D eigenvalue weighted by Crippen LogP contribution is -2.10. The predicted octanol–water partition coefficient (Wildman–Crippen LogP) is 2.37. The number of hydrogen-bond donors (Lipinski definition) is 2. The Kier molecular flexibility index (Phi) is 3.35. The van der Waals surface area contributed by atoms with Gasteiger partial charge in [0.1, 0.15) is 0 Å². The molecular formula is C9H16N4S2. The normalized spacial score (nSPS) is 25.9. The minimum atomic E-state index is 0.445. The highest BCUT2D eigenvalue weighted by Gasteiger charge is 2.27. The van der Waals surface area contributed by atoms with Crippen molar-refractivity contribution in [2.45, 2.75) is 37.5 Å². The summed E-state index contributed by atoms with van der Waals surface area (Å²) in [5, 5.41) is 7.45. The standard InChI is InChI=1S/C9H16N4S2/c1-2-15-7-4-3-6(5-7)13-8(10)11-12-9(13)14/h6-7H,2-5H2,1H3,(H2,10,11)(H,12,14). The topological polar surface area (TPSA) is 59.6 Å². The summed E-state index contributed by atoms with van der Waals surface area (Å²) in [5.41, 5.74) is 5.79. The summed E-state index contributed by atoms with van der Waals surface area (Å²) in [4.78, 5) is 0. The lowest BCUT2D eigenvalue weighted by Gasteiger charge is -2.12. The van der Waals surface area contributed by atoms with E-state index >= 15 is 0 Å². The second-order valence-corrected chi connectivity index (χ2v) is 5.77. The molecule has 2 rings (SSSR count). The van der Waals surface area contributed by atoms with Crippen LogP contribution in [-0.4, -0.2) is 25.8 Å². The van der Waals surface area contributed by atoms with Crippen LogP contribution in [0.3, 0.4) is 0 Å². The van der Waals surface area contributed by atoms with Crippen molar-refractivity contribution < 1.29 is 0 Å². The average molecular weight is 244 g/mol. The van der Waals surface area contributed by atoms with Crippen molar-refractivity contribution >= 4 is 29.9 Å². The Morgan fingerprint density at radius 1 is 1.67 bits per heavy atom. The molecule has 1 fully saturated rings. The number of anilines is 1.